The maximum Gasteiger partial charge on any atom is 0.355 e. The van der Waals surface area contributed by atoms with E-state index in [1.165, 1.54) is 16.7 Å². The van der Waals surface area contributed by atoms with Gasteiger partial charge in [0.05, 0.1) is 5.01 Å². The Morgan fingerprint density at radius 3 is 2.60 bits per heavy atom. The largest absolute Gasteiger partial charge is 0.476 e. The Labute approximate surface area is 127 Å². The third kappa shape index (κ3) is 3.88. The van der Waals surface area contributed by atoms with Crippen LogP contribution in [0.5, 0.6) is 0 Å². The molecule has 20 heavy (non-hydrogen) atoms. The summed E-state index contributed by atoms with van der Waals surface area (Å²) in [5.74, 6) is -1.20. The van der Waals surface area contributed by atoms with Crippen LogP contribution in [-0.4, -0.2) is 28.5 Å². The van der Waals surface area contributed by atoms with Gasteiger partial charge in [0.15, 0.2) is 5.69 Å². The third-order valence-corrected chi connectivity index (χ3v) is 3.94. The summed E-state index contributed by atoms with van der Waals surface area (Å²) in [5.41, 5.74) is 0.628. The summed E-state index contributed by atoms with van der Waals surface area (Å²) in [6.07, 6.45) is 0.514. The standard InChI is InChI=1S/C13H11BrN2O3S/c14-9-3-1-8(2-4-9)12(17)15-6-5-11-16-10(7-20-11)13(18)19/h1-4,7H,5-6H2,(H,15,17)(H,18,19). The van der Waals surface area contributed by atoms with Crippen LogP contribution in [0.25, 0.3) is 0 Å². The number of halogens is 1. The zero-order chi connectivity index (χ0) is 14.5. The van der Waals surface area contributed by atoms with Crippen molar-refractivity contribution < 1.29 is 14.7 Å². The molecule has 0 atom stereocenters. The Balaban J connectivity index is 1.84. The van der Waals surface area contributed by atoms with E-state index in [0.29, 0.717) is 23.5 Å². The van der Waals surface area contributed by atoms with Gasteiger partial charge in [-0.1, -0.05) is 15.9 Å². The lowest BCUT2D eigenvalue weighted by molar-refractivity contribution is 0.0690. The number of nitrogens with zero attached hydrogens (tertiary/aromatic N) is 1. The Hall–Kier alpha value is -1.73. The number of thiazole rings is 1. The minimum absolute atomic E-state index is 0.0456. The summed E-state index contributed by atoms with van der Waals surface area (Å²) in [5, 5.41) is 13.7. The van der Waals surface area contributed by atoms with Crippen molar-refractivity contribution in [1.29, 1.82) is 0 Å². The first-order valence-electron chi connectivity index (χ1n) is 5.78. The number of rotatable bonds is 5. The highest BCUT2D eigenvalue weighted by Gasteiger charge is 2.09. The van der Waals surface area contributed by atoms with E-state index in [9.17, 15) is 9.59 Å². The number of amides is 1. The molecule has 104 valence electrons. The number of hydrogen-bond acceptors (Lipinski definition) is 4. The van der Waals surface area contributed by atoms with Gasteiger partial charge in [-0.25, -0.2) is 9.78 Å². The lowest BCUT2D eigenvalue weighted by atomic mass is 10.2. The number of aromatic nitrogens is 1. The normalized spacial score (nSPS) is 10.2. The fourth-order valence-electron chi connectivity index (χ4n) is 1.51. The van der Waals surface area contributed by atoms with Crippen LogP contribution in [0.4, 0.5) is 0 Å². The van der Waals surface area contributed by atoms with E-state index < -0.39 is 5.97 Å². The van der Waals surface area contributed by atoms with Gasteiger partial charge >= 0.3 is 5.97 Å². The van der Waals surface area contributed by atoms with Crippen molar-refractivity contribution in [1.82, 2.24) is 10.3 Å². The van der Waals surface area contributed by atoms with Gasteiger partial charge in [-0.15, -0.1) is 11.3 Å². The van der Waals surface area contributed by atoms with Gasteiger partial charge in [-0.3, -0.25) is 4.79 Å². The molecule has 0 aliphatic carbocycles. The van der Waals surface area contributed by atoms with Crippen LogP contribution in [0.3, 0.4) is 0 Å². The Morgan fingerprint density at radius 1 is 1.30 bits per heavy atom. The predicted octanol–water partition coefficient (Wildman–Crippen LogP) is 2.58. The number of aromatic carboxylic acids is 1. The van der Waals surface area contributed by atoms with Gasteiger partial charge in [-0.2, -0.15) is 0 Å². The minimum Gasteiger partial charge on any atom is -0.476 e. The topological polar surface area (TPSA) is 79.3 Å². The van der Waals surface area contributed by atoms with E-state index in [2.05, 4.69) is 26.2 Å². The van der Waals surface area contributed by atoms with Gasteiger partial charge < -0.3 is 10.4 Å². The summed E-state index contributed by atoms with van der Waals surface area (Å²) in [6, 6.07) is 7.06. The second-order valence-corrected chi connectivity index (χ2v) is 5.80. The highest BCUT2D eigenvalue weighted by atomic mass is 79.9. The van der Waals surface area contributed by atoms with Gasteiger partial charge in [0, 0.05) is 28.4 Å². The van der Waals surface area contributed by atoms with Crippen LogP contribution in [-0.2, 0) is 6.42 Å². The summed E-state index contributed by atoms with van der Waals surface area (Å²) in [4.78, 5) is 26.5. The lowest BCUT2D eigenvalue weighted by Gasteiger charge is -2.03. The van der Waals surface area contributed by atoms with E-state index >= 15 is 0 Å². The molecule has 0 spiro atoms. The third-order valence-electron chi connectivity index (χ3n) is 2.50. The van der Waals surface area contributed by atoms with Gasteiger partial charge in [0.1, 0.15) is 0 Å². The fourth-order valence-corrected chi connectivity index (χ4v) is 2.55. The zero-order valence-electron chi connectivity index (χ0n) is 10.3. The molecule has 0 fully saturated rings. The molecule has 0 bridgehead atoms. The molecule has 1 heterocycles. The van der Waals surface area contributed by atoms with Crippen molar-refractivity contribution >= 4 is 39.1 Å². The predicted molar refractivity (Wildman–Crippen MR) is 79.3 cm³/mol. The number of nitrogens with one attached hydrogen (secondary N) is 1. The van der Waals surface area contributed by atoms with E-state index in [4.69, 9.17) is 5.11 Å². The van der Waals surface area contributed by atoms with Crippen molar-refractivity contribution in [3.63, 3.8) is 0 Å². The molecule has 0 radical (unpaired) electrons. The van der Waals surface area contributed by atoms with Crippen LogP contribution in [0.2, 0.25) is 0 Å². The Morgan fingerprint density at radius 2 is 2.00 bits per heavy atom. The van der Waals surface area contributed by atoms with E-state index in [1.807, 2.05) is 0 Å². The SMILES string of the molecule is O=C(NCCc1nc(C(=O)O)cs1)c1ccc(Br)cc1. The van der Waals surface area contributed by atoms with Crippen molar-refractivity contribution in [2.24, 2.45) is 0 Å². The van der Waals surface area contributed by atoms with Gasteiger partial charge in [0.25, 0.3) is 5.91 Å². The van der Waals surface area contributed by atoms with Crippen molar-refractivity contribution in [3.05, 3.63) is 50.4 Å². The number of hydrogen-bond donors (Lipinski definition) is 2. The maximum absolute atomic E-state index is 11.8. The summed E-state index contributed by atoms with van der Waals surface area (Å²) in [6.45, 7) is 0.418. The minimum atomic E-state index is -1.04. The molecule has 0 aliphatic heterocycles. The van der Waals surface area contributed by atoms with E-state index in [1.54, 1.807) is 24.3 Å². The second-order valence-electron chi connectivity index (χ2n) is 3.94. The molecule has 1 aromatic carbocycles. The Kier molecular flexibility index (Phi) is 4.86. The van der Waals surface area contributed by atoms with Gasteiger partial charge in [0.2, 0.25) is 0 Å². The molecular weight excluding hydrogens is 344 g/mol. The van der Waals surface area contributed by atoms with Crippen LogP contribution < -0.4 is 5.32 Å². The molecule has 0 saturated carbocycles. The highest BCUT2D eigenvalue weighted by Crippen LogP contribution is 2.11. The second kappa shape index (κ2) is 6.62. The lowest BCUT2D eigenvalue weighted by Crippen LogP contribution is -2.25. The molecule has 1 amide bonds. The van der Waals surface area contributed by atoms with Crippen LogP contribution in [0.1, 0.15) is 25.9 Å². The molecule has 2 N–H and O–H groups in total. The number of carboxylic acids is 1. The maximum atomic E-state index is 11.8. The molecule has 7 heteroatoms. The summed E-state index contributed by atoms with van der Waals surface area (Å²) >= 11 is 4.58. The first-order valence-corrected chi connectivity index (χ1v) is 7.45. The van der Waals surface area contributed by atoms with E-state index in [0.717, 1.165) is 4.47 Å². The zero-order valence-corrected chi connectivity index (χ0v) is 12.7. The first kappa shape index (κ1) is 14.7. The first-order chi connectivity index (χ1) is 9.56. The summed E-state index contributed by atoms with van der Waals surface area (Å²) in [7, 11) is 0. The molecule has 2 rings (SSSR count). The molecule has 0 unspecified atom stereocenters. The molecule has 0 aliphatic rings. The van der Waals surface area contributed by atoms with Crippen molar-refractivity contribution in [2.45, 2.75) is 6.42 Å². The van der Waals surface area contributed by atoms with Crippen LogP contribution in [0.15, 0.2) is 34.1 Å². The average molecular weight is 355 g/mol. The highest BCUT2D eigenvalue weighted by molar-refractivity contribution is 9.10. The quantitative estimate of drug-likeness (QED) is 0.864. The smallest absolute Gasteiger partial charge is 0.355 e. The fraction of sp³-hybridized carbons (Fsp3) is 0.154. The number of carbonyl (C=O) groups excluding carboxylic acids is 1. The van der Waals surface area contributed by atoms with Crippen molar-refractivity contribution in [2.75, 3.05) is 6.54 Å². The molecule has 0 saturated heterocycles. The molecule has 5 nitrogen and oxygen atoms in total. The number of carbonyl (C=O) groups is 2. The average Bonchev–Trinajstić information content (AvgIpc) is 2.88. The van der Waals surface area contributed by atoms with E-state index in [-0.39, 0.29) is 11.6 Å². The summed E-state index contributed by atoms with van der Waals surface area (Å²) < 4.78 is 0.915. The van der Waals surface area contributed by atoms with Gasteiger partial charge in [-0.05, 0) is 24.3 Å². The van der Waals surface area contributed by atoms with Crippen LogP contribution >= 0.6 is 27.3 Å². The molecule has 1 aromatic heterocycles. The number of benzene rings is 1. The molecule has 2 aromatic rings. The van der Waals surface area contributed by atoms with Crippen LogP contribution in [0, 0.1) is 0 Å². The molecular formula is C13H11BrN2O3S. The van der Waals surface area contributed by atoms with Crippen molar-refractivity contribution in [3.8, 4) is 0 Å². The number of carboxylic acid groups (broad SMARTS) is 1. The monoisotopic (exact) mass is 354 g/mol. The Bertz CT molecular complexity index is 625.